The first kappa shape index (κ1) is 11.9. The number of nitrogens with one attached hydrogen (secondary N) is 1. The van der Waals surface area contributed by atoms with Crippen molar-refractivity contribution in [2.45, 2.75) is 44.3 Å². The van der Waals surface area contributed by atoms with Crippen LogP contribution in [0.15, 0.2) is 24.3 Å². The van der Waals surface area contributed by atoms with Crippen LogP contribution in [0.2, 0.25) is 5.02 Å². The molecule has 0 aromatic heterocycles. The molecule has 0 heterocycles. The third-order valence-corrected chi connectivity index (χ3v) is 3.70. The average molecular weight is 239 g/mol. The SMILES string of the molecule is N[C@H]1CCCC[C@@H]1NCc1ccccc1Cl. The Morgan fingerprint density at radius 3 is 2.75 bits per heavy atom. The number of halogens is 1. The first-order chi connectivity index (χ1) is 7.77. The summed E-state index contributed by atoms with van der Waals surface area (Å²) < 4.78 is 0. The van der Waals surface area contributed by atoms with Gasteiger partial charge >= 0.3 is 0 Å². The van der Waals surface area contributed by atoms with Crippen molar-refractivity contribution in [1.82, 2.24) is 5.32 Å². The van der Waals surface area contributed by atoms with Crippen molar-refractivity contribution in [3.63, 3.8) is 0 Å². The van der Waals surface area contributed by atoms with Crippen molar-refractivity contribution in [1.29, 1.82) is 0 Å². The lowest BCUT2D eigenvalue weighted by molar-refractivity contribution is 0.326. The van der Waals surface area contributed by atoms with Gasteiger partial charge in [-0.2, -0.15) is 0 Å². The van der Waals surface area contributed by atoms with E-state index in [1.54, 1.807) is 0 Å². The molecule has 1 fully saturated rings. The molecule has 2 rings (SSSR count). The van der Waals surface area contributed by atoms with E-state index in [1.807, 2.05) is 18.2 Å². The van der Waals surface area contributed by atoms with Gasteiger partial charge in [-0.3, -0.25) is 0 Å². The zero-order chi connectivity index (χ0) is 11.4. The van der Waals surface area contributed by atoms with Crippen molar-refractivity contribution in [2.75, 3.05) is 0 Å². The lowest BCUT2D eigenvalue weighted by atomic mass is 9.91. The number of hydrogen-bond donors (Lipinski definition) is 2. The summed E-state index contributed by atoms with van der Waals surface area (Å²) in [6.45, 7) is 0.818. The van der Waals surface area contributed by atoms with Gasteiger partial charge < -0.3 is 11.1 Å². The molecule has 1 saturated carbocycles. The maximum absolute atomic E-state index is 6.11. The Kier molecular flexibility index (Phi) is 4.22. The van der Waals surface area contributed by atoms with Crippen molar-refractivity contribution >= 4 is 11.6 Å². The number of hydrogen-bond acceptors (Lipinski definition) is 2. The second kappa shape index (κ2) is 5.67. The molecule has 0 bridgehead atoms. The predicted molar refractivity (Wildman–Crippen MR) is 68.5 cm³/mol. The highest BCUT2D eigenvalue weighted by Crippen LogP contribution is 2.19. The topological polar surface area (TPSA) is 38.0 Å². The molecule has 88 valence electrons. The molecule has 0 amide bonds. The van der Waals surface area contributed by atoms with Crippen LogP contribution in [0.3, 0.4) is 0 Å². The zero-order valence-electron chi connectivity index (χ0n) is 9.45. The van der Waals surface area contributed by atoms with E-state index in [0.29, 0.717) is 12.1 Å². The number of rotatable bonds is 3. The lowest BCUT2D eigenvalue weighted by Crippen LogP contribution is -2.46. The van der Waals surface area contributed by atoms with Crippen LogP contribution >= 0.6 is 11.6 Å². The zero-order valence-corrected chi connectivity index (χ0v) is 10.2. The van der Waals surface area contributed by atoms with Gasteiger partial charge in [0.15, 0.2) is 0 Å². The Labute approximate surface area is 102 Å². The van der Waals surface area contributed by atoms with Gasteiger partial charge in [-0.05, 0) is 24.5 Å². The van der Waals surface area contributed by atoms with E-state index in [2.05, 4.69) is 11.4 Å². The molecule has 0 aliphatic heterocycles. The molecule has 16 heavy (non-hydrogen) atoms. The van der Waals surface area contributed by atoms with Crippen molar-refractivity contribution in [3.05, 3.63) is 34.9 Å². The molecular formula is C13H19ClN2. The van der Waals surface area contributed by atoms with Crippen LogP contribution in [0.1, 0.15) is 31.2 Å². The molecule has 1 aromatic carbocycles. The fraction of sp³-hybridized carbons (Fsp3) is 0.538. The molecule has 3 heteroatoms. The summed E-state index contributed by atoms with van der Waals surface area (Å²) >= 11 is 6.11. The first-order valence-corrected chi connectivity index (χ1v) is 6.37. The predicted octanol–water partition coefficient (Wildman–Crippen LogP) is 2.70. The van der Waals surface area contributed by atoms with Crippen LogP contribution in [0, 0.1) is 0 Å². The van der Waals surface area contributed by atoms with Gasteiger partial charge in [-0.1, -0.05) is 42.6 Å². The van der Waals surface area contributed by atoms with Gasteiger partial charge in [0, 0.05) is 23.7 Å². The molecule has 2 atom stereocenters. The third-order valence-electron chi connectivity index (χ3n) is 3.33. The Balaban J connectivity index is 1.89. The fourth-order valence-electron chi connectivity index (χ4n) is 2.30. The minimum absolute atomic E-state index is 0.302. The van der Waals surface area contributed by atoms with E-state index >= 15 is 0 Å². The highest BCUT2D eigenvalue weighted by atomic mass is 35.5. The molecular weight excluding hydrogens is 220 g/mol. The van der Waals surface area contributed by atoms with Gasteiger partial charge in [-0.15, -0.1) is 0 Å². The summed E-state index contributed by atoms with van der Waals surface area (Å²) in [7, 11) is 0. The van der Waals surface area contributed by atoms with E-state index in [4.69, 9.17) is 17.3 Å². The van der Waals surface area contributed by atoms with Crippen LogP contribution in [-0.4, -0.2) is 12.1 Å². The summed E-state index contributed by atoms with van der Waals surface area (Å²) in [5.74, 6) is 0. The van der Waals surface area contributed by atoms with E-state index in [1.165, 1.54) is 19.3 Å². The van der Waals surface area contributed by atoms with E-state index in [9.17, 15) is 0 Å². The average Bonchev–Trinajstić information content (AvgIpc) is 2.30. The summed E-state index contributed by atoms with van der Waals surface area (Å²) in [6.07, 6.45) is 4.88. The second-order valence-corrected chi connectivity index (χ2v) is 4.93. The van der Waals surface area contributed by atoms with Crippen LogP contribution in [0.4, 0.5) is 0 Å². The Morgan fingerprint density at radius 1 is 1.25 bits per heavy atom. The van der Waals surface area contributed by atoms with Crippen LogP contribution < -0.4 is 11.1 Å². The van der Waals surface area contributed by atoms with Gasteiger partial charge in [0.05, 0.1) is 0 Å². The van der Waals surface area contributed by atoms with Gasteiger partial charge in [0.25, 0.3) is 0 Å². The summed E-state index contributed by atoms with van der Waals surface area (Å²) in [5, 5.41) is 4.35. The van der Waals surface area contributed by atoms with Gasteiger partial charge in [-0.25, -0.2) is 0 Å². The lowest BCUT2D eigenvalue weighted by Gasteiger charge is -2.29. The largest absolute Gasteiger partial charge is 0.326 e. The standard InChI is InChI=1S/C13H19ClN2/c14-11-6-2-1-5-10(11)9-16-13-8-4-3-7-12(13)15/h1-2,5-6,12-13,16H,3-4,7-9,15H2/t12-,13-/m0/s1. The molecule has 3 N–H and O–H groups in total. The quantitative estimate of drug-likeness (QED) is 0.850. The van der Waals surface area contributed by atoms with E-state index in [-0.39, 0.29) is 0 Å². The molecule has 0 unspecified atom stereocenters. The number of nitrogens with two attached hydrogens (primary N) is 1. The molecule has 2 nitrogen and oxygen atoms in total. The highest BCUT2D eigenvalue weighted by molar-refractivity contribution is 6.31. The van der Waals surface area contributed by atoms with E-state index < -0.39 is 0 Å². The van der Waals surface area contributed by atoms with Crippen molar-refractivity contribution in [3.8, 4) is 0 Å². The maximum atomic E-state index is 6.11. The Hall–Kier alpha value is -0.570. The number of benzene rings is 1. The van der Waals surface area contributed by atoms with Gasteiger partial charge in [0.1, 0.15) is 0 Å². The summed E-state index contributed by atoms with van der Waals surface area (Å²) in [5.41, 5.74) is 7.24. The molecule has 1 aliphatic carbocycles. The van der Waals surface area contributed by atoms with Crippen LogP contribution in [-0.2, 0) is 6.54 Å². The first-order valence-electron chi connectivity index (χ1n) is 6.00. The summed E-state index contributed by atoms with van der Waals surface area (Å²) in [4.78, 5) is 0. The normalized spacial score (nSPS) is 25.6. The van der Waals surface area contributed by atoms with Crippen molar-refractivity contribution < 1.29 is 0 Å². The monoisotopic (exact) mass is 238 g/mol. The smallest absolute Gasteiger partial charge is 0.0450 e. The highest BCUT2D eigenvalue weighted by Gasteiger charge is 2.20. The second-order valence-electron chi connectivity index (χ2n) is 4.53. The van der Waals surface area contributed by atoms with E-state index in [0.717, 1.165) is 23.6 Å². The minimum Gasteiger partial charge on any atom is -0.326 e. The Morgan fingerprint density at radius 2 is 2.00 bits per heavy atom. The Bertz CT molecular complexity index is 340. The van der Waals surface area contributed by atoms with Crippen molar-refractivity contribution in [2.24, 2.45) is 5.73 Å². The molecule has 0 saturated heterocycles. The molecule has 0 spiro atoms. The summed E-state index contributed by atoms with van der Waals surface area (Å²) in [6, 6.07) is 8.71. The minimum atomic E-state index is 0.302. The molecule has 0 radical (unpaired) electrons. The van der Waals surface area contributed by atoms with Crippen LogP contribution in [0.5, 0.6) is 0 Å². The van der Waals surface area contributed by atoms with Crippen LogP contribution in [0.25, 0.3) is 0 Å². The van der Waals surface area contributed by atoms with Gasteiger partial charge in [0.2, 0.25) is 0 Å². The molecule has 1 aromatic rings. The third kappa shape index (κ3) is 2.97. The maximum Gasteiger partial charge on any atom is 0.0450 e. The fourth-order valence-corrected chi connectivity index (χ4v) is 2.50. The molecule has 1 aliphatic rings.